The van der Waals surface area contributed by atoms with E-state index in [0.717, 1.165) is 41.2 Å². The Bertz CT molecular complexity index is 720. The van der Waals surface area contributed by atoms with E-state index >= 15 is 0 Å². The molecule has 32 heavy (non-hydrogen) atoms. The monoisotopic (exact) mass is 594 g/mol. The van der Waals surface area contributed by atoms with Crippen molar-refractivity contribution in [3.05, 3.63) is 47.9 Å². The second-order valence-corrected chi connectivity index (χ2v) is 11.2. The number of carbonyl (C=O) groups excluding carboxylic acids is 1. The summed E-state index contributed by atoms with van der Waals surface area (Å²) >= 11 is 2.19. The largest absolute Gasteiger partial charge is 0.496 e. The van der Waals surface area contributed by atoms with E-state index in [4.69, 9.17) is 18.7 Å². The summed E-state index contributed by atoms with van der Waals surface area (Å²) < 4.78 is 22.7. The number of halogens is 1. The van der Waals surface area contributed by atoms with Crippen molar-refractivity contribution in [2.24, 2.45) is 0 Å². The van der Waals surface area contributed by atoms with E-state index in [-0.39, 0.29) is 18.2 Å². The van der Waals surface area contributed by atoms with Crippen LogP contribution in [0.1, 0.15) is 60.3 Å². The first kappa shape index (κ1) is 29.3. The van der Waals surface area contributed by atoms with Crippen molar-refractivity contribution in [2.45, 2.75) is 72.5 Å². The molecule has 0 N–H and O–H groups in total. The molecule has 0 heterocycles. The summed E-state index contributed by atoms with van der Waals surface area (Å²) in [4.78, 5) is 11.9. The molecule has 1 rings (SSSR count). The van der Waals surface area contributed by atoms with Crippen molar-refractivity contribution < 1.29 is 23.5 Å². The zero-order chi connectivity index (χ0) is 23.8. The fourth-order valence-corrected chi connectivity index (χ4v) is 3.93. The minimum Gasteiger partial charge on any atom is -0.496 e. The highest BCUT2D eigenvalue weighted by molar-refractivity contribution is 14.2. The van der Waals surface area contributed by atoms with Gasteiger partial charge in [0.05, 0.1) is 18.0 Å². The normalized spacial score (nSPS) is 12.8. The summed E-state index contributed by atoms with van der Waals surface area (Å²) in [6, 6.07) is 7.96. The number of allylic oxidation sites excluding steroid dienone is 4. The molecule has 8 heteroatoms. The molecule has 0 saturated heterocycles. The molecular formula is C24H36IO5PS. The predicted molar refractivity (Wildman–Crippen MR) is 145 cm³/mol. The zero-order valence-electron chi connectivity index (χ0n) is 19.7. The Balaban J connectivity index is 2.70. The summed E-state index contributed by atoms with van der Waals surface area (Å²) in [6.45, 7) is 10.5. The molecule has 0 aliphatic rings. The molecule has 1 aromatic rings. The lowest BCUT2D eigenvalue weighted by Gasteiger charge is -2.12. The van der Waals surface area contributed by atoms with Crippen LogP contribution in [0.3, 0.4) is 0 Å². The Morgan fingerprint density at radius 2 is 1.75 bits per heavy atom. The summed E-state index contributed by atoms with van der Waals surface area (Å²) in [5, 5.41) is 1.13. The summed E-state index contributed by atoms with van der Waals surface area (Å²) in [5.74, 6) is 3.14. The molecule has 0 radical (unpaired) electrons. The second kappa shape index (κ2) is 17.7. The highest BCUT2D eigenvalue weighted by atomic mass is 127. The standard InChI is InChI=1S/C24H36IO5PS/c1-18(2)28-20(5)8-6-9-21(10-7-11-24(26)27-16-17-32-25)29-22-12-14-23(15-13-22)31-30-19(3)4/h8,10,12-15,18-19,31H,6-7,9,11,16-17H2,1-5H3/b20-8+,21-10+. The minimum absolute atomic E-state index is 0.160. The van der Waals surface area contributed by atoms with Crippen LogP contribution < -0.4 is 10.0 Å². The second-order valence-electron chi connectivity index (χ2n) is 7.66. The van der Waals surface area contributed by atoms with Crippen LogP contribution >= 0.6 is 38.9 Å². The van der Waals surface area contributed by atoms with Crippen LogP contribution in [0.2, 0.25) is 0 Å². The van der Waals surface area contributed by atoms with E-state index in [9.17, 15) is 4.79 Å². The fraction of sp³-hybridized carbons (Fsp3) is 0.542. The maximum absolute atomic E-state index is 11.9. The van der Waals surface area contributed by atoms with Crippen LogP contribution in [0.5, 0.6) is 5.75 Å². The average Bonchev–Trinajstić information content (AvgIpc) is 2.72. The third kappa shape index (κ3) is 15.1. The lowest BCUT2D eigenvalue weighted by atomic mass is 10.2. The maximum atomic E-state index is 11.9. The van der Waals surface area contributed by atoms with Crippen LogP contribution in [0, 0.1) is 0 Å². The van der Waals surface area contributed by atoms with Crippen molar-refractivity contribution >= 4 is 50.2 Å². The topological polar surface area (TPSA) is 54.0 Å². The number of benzene rings is 1. The Labute approximate surface area is 211 Å². The van der Waals surface area contributed by atoms with Crippen LogP contribution in [-0.2, 0) is 18.8 Å². The first-order chi connectivity index (χ1) is 15.3. The molecule has 0 fully saturated rings. The Kier molecular flexibility index (Phi) is 16.2. The van der Waals surface area contributed by atoms with Gasteiger partial charge in [-0.1, -0.05) is 8.93 Å². The van der Waals surface area contributed by atoms with Gasteiger partial charge in [0.1, 0.15) is 18.1 Å². The third-order valence-corrected chi connectivity index (χ3v) is 6.70. The van der Waals surface area contributed by atoms with Gasteiger partial charge in [-0.3, -0.25) is 4.79 Å². The molecule has 0 saturated carbocycles. The molecule has 1 atom stereocenters. The van der Waals surface area contributed by atoms with Gasteiger partial charge in [0.15, 0.2) is 0 Å². The van der Waals surface area contributed by atoms with Gasteiger partial charge in [0, 0.05) is 27.4 Å². The van der Waals surface area contributed by atoms with Crippen LogP contribution in [-0.4, -0.2) is 30.5 Å². The van der Waals surface area contributed by atoms with Crippen molar-refractivity contribution in [3.8, 4) is 5.75 Å². The summed E-state index contributed by atoms with van der Waals surface area (Å²) in [5.41, 5.74) is 0. The number of rotatable bonds is 16. The van der Waals surface area contributed by atoms with Gasteiger partial charge in [-0.15, -0.1) is 0 Å². The Morgan fingerprint density at radius 1 is 1.06 bits per heavy atom. The van der Waals surface area contributed by atoms with Crippen LogP contribution in [0.15, 0.2) is 47.9 Å². The predicted octanol–water partition coefficient (Wildman–Crippen LogP) is 7.11. The van der Waals surface area contributed by atoms with Crippen molar-refractivity contribution in [1.29, 1.82) is 0 Å². The van der Waals surface area contributed by atoms with E-state index < -0.39 is 0 Å². The van der Waals surface area contributed by atoms with E-state index in [2.05, 4.69) is 27.3 Å². The van der Waals surface area contributed by atoms with Gasteiger partial charge >= 0.3 is 5.97 Å². The maximum Gasteiger partial charge on any atom is 0.306 e. The van der Waals surface area contributed by atoms with Gasteiger partial charge in [0.25, 0.3) is 0 Å². The van der Waals surface area contributed by atoms with Crippen LogP contribution in [0.4, 0.5) is 0 Å². The molecule has 0 spiro atoms. The van der Waals surface area contributed by atoms with Gasteiger partial charge < -0.3 is 18.7 Å². The molecular weight excluding hydrogens is 558 g/mol. The van der Waals surface area contributed by atoms with Gasteiger partial charge in [-0.2, -0.15) is 0 Å². The van der Waals surface area contributed by atoms with E-state index in [1.54, 1.807) is 8.93 Å². The average molecular weight is 594 g/mol. The van der Waals surface area contributed by atoms with Crippen molar-refractivity contribution in [1.82, 2.24) is 0 Å². The molecule has 0 aliphatic carbocycles. The molecule has 0 amide bonds. The SMILES string of the molecule is C/C(=C\CC/C(=C\CCC(=O)OCCSI)Oc1ccc(POC(C)C)cc1)OC(C)C. The molecule has 0 aliphatic heterocycles. The van der Waals surface area contributed by atoms with E-state index in [1.165, 1.54) is 0 Å². The zero-order valence-corrected chi connectivity index (χ0v) is 23.7. The molecule has 5 nitrogen and oxygen atoms in total. The van der Waals surface area contributed by atoms with Gasteiger partial charge in [-0.25, -0.2) is 0 Å². The lowest BCUT2D eigenvalue weighted by molar-refractivity contribution is -0.142. The van der Waals surface area contributed by atoms with E-state index in [0.29, 0.717) is 28.3 Å². The molecule has 1 aromatic carbocycles. The number of hydrogen-bond acceptors (Lipinski definition) is 6. The quantitative estimate of drug-likeness (QED) is 0.0669. The number of carbonyl (C=O) groups is 1. The Morgan fingerprint density at radius 3 is 2.38 bits per heavy atom. The third-order valence-electron chi connectivity index (χ3n) is 3.90. The highest BCUT2D eigenvalue weighted by Crippen LogP contribution is 2.21. The minimum atomic E-state index is -0.178. The molecule has 1 unspecified atom stereocenters. The van der Waals surface area contributed by atoms with Crippen molar-refractivity contribution in [3.63, 3.8) is 0 Å². The molecule has 0 bridgehead atoms. The molecule has 0 aromatic heterocycles. The van der Waals surface area contributed by atoms with E-state index in [1.807, 2.05) is 65.0 Å². The first-order valence-corrected chi connectivity index (χ1v) is 15.3. The highest BCUT2D eigenvalue weighted by Gasteiger charge is 2.06. The summed E-state index contributed by atoms with van der Waals surface area (Å²) in [6.07, 6.45) is 6.87. The first-order valence-electron chi connectivity index (χ1n) is 10.9. The fourth-order valence-electron chi connectivity index (χ4n) is 2.57. The summed E-state index contributed by atoms with van der Waals surface area (Å²) in [7, 11) is 1.95. The van der Waals surface area contributed by atoms with Crippen molar-refractivity contribution in [2.75, 3.05) is 12.4 Å². The number of esters is 1. The van der Waals surface area contributed by atoms with Crippen LogP contribution in [0.25, 0.3) is 0 Å². The number of hydrogen-bond donors (Lipinski definition) is 0. The Hall–Kier alpha value is -0.760. The molecule has 180 valence electrons. The number of ether oxygens (including phenoxy) is 3. The smallest absolute Gasteiger partial charge is 0.306 e. The van der Waals surface area contributed by atoms with Gasteiger partial charge in [0.2, 0.25) is 0 Å². The van der Waals surface area contributed by atoms with Gasteiger partial charge in [-0.05, 0) is 110 Å². The lowest BCUT2D eigenvalue weighted by Crippen LogP contribution is -2.06.